The van der Waals surface area contributed by atoms with E-state index in [1.165, 1.54) is 24.8 Å². The Morgan fingerprint density at radius 2 is 2.20 bits per heavy atom. The van der Waals surface area contributed by atoms with Crippen LogP contribution in [0.1, 0.15) is 39.0 Å². The van der Waals surface area contributed by atoms with Gasteiger partial charge >= 0.3 is 6.09 Å². The maximum absolute atomic E-state index is 11.8. The molecule has 0 radical (unpaired) electrons. The van der Waals surface area contributed by atoms with Crippen LogP contribution >= 0.6 is 0 Å². The molecule has 3 heteroatoms. The van der Waals surface area contributed by atoms with E-state index in [1.54, 1.807) is 0 Å². The Balaban J connectivity index is 2.02. The summed E-state index contributed by atoms with van der Waals surface area (Å²) < 4.78 is 5.31. The monoisotopic (exact) mass is 207 g/mol. The van der Waals surface area contributed by atoms with Crippen molar-refractivity contribution in [1.29, 1.82) is 0 Å². The van der Waals surface area contributed by atoms with Crippen LogP contribution in [0.4, 0.5) is 4.79 Å². The van der Waals surface area contributed by atoms with Crippen LogP contribution in [0.5, 0.6) is 0 Å². The van der Waals surface area contributed by atoms with E-state index in [1.807, 2.05) is 11.8 Å². The molecule has 3 nitrogen and oxygen atoms in total. The van der Waals surface area contributed by atoms with Gasteiger partial charge in [0.15, 0.2) is 0 Å². The Hall–Kier alpha value is -0.990. The lowest BCUT2D eigenvalue weighted by Gasteiger charge is -2.35. The molecule has 0 aromatic heterocycles. The first-order chi connectivity index (χ1) is 7.27. The fourth-order valence-electron chi connectivity index (χ4n) is 3.35. The number of allylic oxidation sites excluding steroid dienone is 1. The molecule has 1 saturated carbocycles. The molecule has 2 fully saturated rings. The standard InChI is InChI=1S/C12H17NO2/c1-8-10-6-5-9-4-2-3-7-13(11(9)10)12(14)15-8/h9,11H,2-7H2,1H3/t9-,11-/m0/s1. The second kappa shape index (κ2) is 3.26. The second-order valence-corrected chi connectivity index (χ2v) is 4.88. The van der Waals surface area contributed by atoms with E-state index >= 15 is 0 Å². The number of hydrogen-bond acceptors (Lipinski definition) is 2. The van der Waals surface area contributed by atoms with Gasteiger partial charge in [-0.25, -0.2) is 4.79 Å². The van der Waals surface area contributed by atoms with E-state index in [0.29, 0.717) is 12.0 Å². The fraction of sp³-hybridized carbons (Fsp3) is 0.750. The fourth-order valence-corrected chi connectivity index (χ4v) is 3.35. The van der Waals surface area contributed by atoms with E-state index < -0.39 is 0 Å². The molecular weight excluding hydrogens is 190 g/mol. The van der Waals surface area contributed by atoms with Gasteiger partial charge < -0.3 is 9.64 Å². The summed E-state index contributed by atoms with van der Waals surface area (Å²) in [6.45, 7) is 2.83. The molecule has 1 amide bonds. The van der Waals surface area contributed by atoms with E-state index in [9.17, 15) is 4.79 Å². The molecule has 0 spiro atoms. The number of rotatable bonds is 0. The summed E-state index contributed by atoms with van der Waals surface area (Å²) in [5.74, 6) is 1.58. The molecule has 0 bridgehead atoms. The SMILES string of the molecule is CC1=C2CC[C@@H]3CCCCN(C(=O)O1)[C@H]23. The number of ether oxygens (including phenoxy) is 1. The Morgan fingerprint density at radius 1 is 1.33 bits per heavy atom. The van der Waals surface area contributed by atoms with Crippen LogP contribution in [0.2, 0.25) is 0 Å². The van der Waals surface area contributed by atoms with E-state index in [2.05, 4.69) is 0 Å². The lowest BCUT2D eigenvalue weighted by molar-refractivity contribution is 0.0951. The van der Waals surface area contributed by atoms with Gasteiger partial charge in [-0.15, -0.1) is 0 Å². The molecular formula is C12H17NO2. The molecule has 0 N–H and O–H groups in total. The van der Waals surface area contributed by atoms with Gasteiger partial charge in [0.1, 0.15) is 5.76 Å². The van der Waals surface area contributed by atoms with Crippen LogP contribution in [0.25, 0.3) is 0 Å². The number of carbonyl (C=O) groups is 1. The maximum Gasteiger partial charge on any atom is 0.415 e. The molecule has 0 unspecified atom stereocenters. The van der Waals surface area contributed by atoms with Crippen molar-refractivity contribution >= 4 is 6.09 Å². The minimum Gasteiger partial charge on any atom is -0.415 e. The van der Waals surface area contributed by atoms with Crippen LogP contribution in [0.3, 0.4) is 0 Å². The highest BCUT2D eigenvalue weighted by atomic mass is 16.6. The average Bonchev–Trinajstić information content (AvgIpc) is 2.50. The highest BCUT2D eigenvalue weighted by Crippen LogP contribution is 2.43. The highest BCUT2D eigenvalue weighted by molar-refractivity contribution is 5.72. The summed E-state index contributed by atoms with van der Waals surface area (Å²) in [5.41, 5.74) is 1.39. The molecule has 0 aromatic carbocycles. The minimum absolute atomic E-state index is 0.116. The molecule has 15 heavy (non-hydrogen) atoms. The largest absolute Gasteiger partial charge is 0.415 e. The number of hydrogen-bond donors (Lipinski definition) is 0. The van der Waals surface area contributed by atoms with Crippen molar-refractivity contribution in [3.05, 3.63) is 11.3 Å². The summed E-state index contributed by atoms with van der Waals surface area (Å²) in [5, 5.41) is 0. The maximum atomic E-state index is 11.8. The van der Waals surface area contributed by atoms with Crippen LogP contribution in [-0.4, -0.2) is 23.6 Å². The second-order valence-electron chi connectivity index (χ2n) is 4.88. The zero-order valence-corrected chi connectivity index (χ0v) is 9.16. The normalized spacial score (nSPS) is 35.0. The van der Waals surface area contributed by atoms with Gasteiger partial charge in [-0.2, -0.15) is 0 Å². The molecule has 2 atom stereocenters. The van der Waals surface area contributed by atoms with Crippen molar-refractivity contribution in [2.24, 2.45) is 5.92 Å². The van der Waals surface area contributed by atoms with Crippen molar-refractivity contribution in [2.75, 3.05) is 6.54 Å². The van der Waals surface area contributed by atoms with Crippen molar-refractivity contribution < 1.29 is 9.53 Å². The zero-order valence-electron chi connectivity index (χ0n) is 9.16. The van der Waals surface area contributed by atoms with Gasteiger partial charge in [0, 0.05) is 6.54 Å². The Labute approximate surface area is 90.1 Å². The van der Waals surface area contributed by atoms with Crippen LogP contribution in [0, 0.1) is 5.92 Å². The molecule has 82 valence electrons. The van der Waals surface area contributed by atoms with E-state index in [0.717, 1.165) is 25.1 Å². The lowest BCUT2D eigenvalue weighted by Crippen LogP contribution is -2.45. The zero-order chi connectivity index (χ0) is 10.4. The summed E-state index contributed by atoms with van der Waals surface area (Å²) >= 11 is 0. The number of carbonyl (C=O) groups excluding carboxylic acids is 1. The third-order valence-corrected chi connectivity index (χ3v) is 4.07. The molecule has 2 heterocycles. The van der Waals surface area contributed by atoms with Crippen molar-refractivity contribution in [1.82, 2.24) is 4.90 Å². The van der Waals surface area contributed by atoms with Crippen LogP contribution < -0.4 is 0 Å². The van der Waals surface area contributed by atoms with Crippen molar-refractivity contribution in [2.45, 2.75) is 45.1 Å². The number of cyclic esters (lactones) is 1. The first-order valence-electron chi connectivity index (χ1n) is 5.95. The van der Waals surface area contributed by atoms with Gasteiger partial charge in [-0.05, 0) is 44.1 Å². The Kier molecular flexibility index (Phi) is 2.01. The number of amides is 1. The Bertz CT molecular complexity index is 335. The average molecular weight is 207 g/mol. The summed E-state index contributed by atoms with van der Waals surface area (Å²) in [6.07, 6.45) is 5.93. The minimum atomic E-state index is -0.116. The van der Waals surface area contributed by atoms with E-state index in [-0.39, 0.29) is 6.09 Å². The Morgan fingerprint density at radius 3 is 3.07 bits per heavy atom. The van der Waals surface area contributed by atoms with Crippen molar-refractivity contribution in [3.8, 4) is 0 Å². The molecule has 2 aliphatic heterocycles. The quantitative estimate of drug-likeness (QED) is 0.611. The topological polar surface area (TPSA) is 29.5 Å². The van der Waals surface area contributed by atoms with Crippen LogP contribution in [0.15, 0.2) is 11.3 Å². The van der Waals surface area contributed by atoms with Gasteiger partial charge in [0.25, 0.3) is 0 Å². The van der Waals surface area contributed by atoms with Crippen molar-refractivity contribution in [3.63, 3.8) is 0 Å². The summed E-state index contributed by atoms with van der Waals surface area (Å²) in [7, 11) is 0. The third kappa shape index (κ3) is 1.29. The smallest absolute Gasteiger partial charge is 0.415 e. The summed E-state index contributed by atoms with van der Waals surface area (Å²) in [4.78, 5) is 13.7. The lowest BCUT2D eigenvalue weighted by atomic mass is 9.96. The van der Waals surface area contributed by atoms with Gasteiger partial charge in [-0.3, -0.25) is 0 Å². The molecule has 3 rings (SSSR count). The van der Waals surface area contributed by atoms with Gasteiger partial charge in [-0.1, -0.05) is 6.42 Å². The highest BCUT2D eigenvalue weighted by Gasteiger charge is 2.44. The first-order valence-corrected chi connectivity index (χ1v) is 5.95. The van der Waals surface area contributed by atoms with Crippen LogP contribution in [-0.2, 0) is 4.74 Å². The third-order valence-electron chi connectivity index (χ3n) is 4.07. The molecule has 3 aliphatic rings. The van der Waals surface area contributed by atoms with E-state index in [4.69, 9.17) is 4.74 Å². The first kappa shape index (κ1) is 9.25. The van der Waals surface area contributed by atoms with Gasteiger partial charge in [0.2, 0.25) is 0 Å². The van der Waals surface area contributed by atoms with Gasteiger partial charge in [0.05, 0.1) is 6.04 Å². The predicted octanol–water partition coefficient (Wildman–Crippen LogP) is 2.68. The number of nitrogens with zero attached hydrogens (tertiary/aromatic N) is 1. The molecule has 1 aliphatic carbocycles. The predicted molar refractivity (Wildman–Crippen MR) is 56.3 cm³/mol. The summed E-state index contributed by atoms with van der Waals surface area (Å²) in [6, 6.07) is 0.383. The molecule has 0 aromatic rings. The molecule has 1 saturated heterocycles.